The Kier molecular flexibility index (Phi) is 48.9. The first-order chi connectivity index (χ1) is 31.0. The van der Waals surface area contributed by atoms with Crippen molar-refractivity contribution in [3.8, 4) is 0 Å². The van der Waals surface area contributed by atoms with Crippen LogP contribution in [0.2, 0.25) is 0 Å². The quantitative estimate of drug-likeness (QED) is 0.0262. The van der Waals surface area contributed by atoms with Crippen LogP contribution in [0.3, 0.4) is 0 Å². The molecule has 0 aliphatic rings. The van der Waals surface area contributed by atoms with Crippen molar-refractivity contribution >= 4 is 17.9 Å². The van der Waals surface area contributed by atoms with Gasteiger partial charge >= 0.3 is 17.9 Å². The van der Waals surface area contributed by atoms with Gasteiger partial charge in [0.1, 0.15) is 13.2 Å². The second-order valence-corrected chi connectivity index (χ2v) is 17.4. The summed E-state index contributed by atoms with van der Waals surface area (Å²) in [5.41, 5.74) is 0. The van der Waals surface area contributed by atoms with Gasteiger partial charge in [-0.05, 0) is 89.9 Å². The molecule has 1 unspecified atom stereocenters. The van der Waals surface area contributed by atoms with Crippen LogP contribution in [0.5, 0.6) is 0 Å². The highest BCUT2D eigenvalue weighted by atomic mass is 16.6. The van der Waals surface area contributed by atoms with Crippen molar-refractivity contribution in [2.45, 2.75) is 258 Å². The maximum absolute atomic E-state index is 12.8. The van der Waals surface area contributed by atoms with Crippen LogP contribution in [0.25, 0.3) is 0 Å². The van der Waals surface area contributed by atoms with Gasteiger partial charge in [0.2, 0.25) is 0 Å². The minimum Gasteiger partial charge on any atom is -0.462 e. The van der Waals surface area contributed by atoms with Crippen molar-refractivity contribution in [1.82, 2.24) is 0 Å². The molecule has 0 aromatic heterocycles. The van der Waals surface area contributed by atoms with Crippen LogP contribution in [0.15, 0.2) is 72.9 Å². The monoisotopic (exact) mass is 879 g/mol. The van der Waals surface area contributed by atoms with E-state index >= 15 is 0 Å². The zero-order chi connectivity index (χ0) is 45.8. The predicted octanol–water partition coefficient (Wildman–Crippen LogP) is 17.4. The van der Waals surface area contributed by atoms with E-state index in [9.17, 15) is 14.4 Å². The van der Waals surface area contributed by atoms with Gasteiger partial charge in [0.05, 0.1) is 0 Å². The fourth-order valence-corrected chi connectivity index (χ4v) is 7.23. The van der Waals surface area contributed by atoms with Gasteiger partial charge in [0.15, 0.2) is 6.10 Å². The third-order valence-electron chi connectivity index (χ3n) is 11.2. The minimum absolute atomic E-state index is 0.0855. The molecule has 0 aliphatic carbocycles. The molecule has 0 aliphatic heterocycles. The Morgan fingerprint density at radius 2 is 0.619 bits per heavy atom. The Bertz CT molecular complexity index is 1190. The summed E-state index contributed by atoms with van der Waals surface area (Å²) < 4.78 is 16.8. The first-order valence-electron chi connectivity index (χ1n) is 26.4. The summed E-state index contributed by atoms with van der Waals surface area (Å²) in [6.45, 7) is 6.47. The zero-order valence-corrected chi connectivity index (χ0v) is 41.3. The molecular weight excluding hydrogens is 781 g/mol. The number of allylic oxidation sites excluding steroid dienone is 12. The van der Waals surface area contributed by atoms with Crippen LogP contribution in [-0.4, -0.2) is 37.2 Å². The summed E-state index contributed by atoms with van der Waals surface area (Å²) in [5, 5.41) is 0. The van der Waals surface area contributed by atoms with Crippen LogP contribution in [0.1, 0.15) is 252 Å². The number of esters is 3. The molecule has 0 saturated heterocycles. The van der Waals surface area contributed by atoms with E-state index in [1.165, 1.54) is 96.3 Å². The highest BCUT2D eigenvalue weighted by Gasteiger charge is 2.19. The summed E-state index contributed by atoms with van der Waals surface area (Å²) in [5.74, 6) is -0.913. The molecule has 0 spiro atoms. The topological polar surface area (TPSA) is 78.9 Å². The summed E-state index contributed by atoms with van der Waals surface area (Å²) in [7, 11) is 0. The van der Waals surface area contributed by atoms with Crippen LogP contribution >= 0.6 is 0 Å². The molecule has 6 nitrogen and oxygen atoms in total. The van der Waals surface area contributed by atoms with E-state index in [0.29, 0.717) is 19.3 Å². The SMILES string of the molecule is CC/C=C\C/C=C\C/C=C\CCCCCCCC(=O)OC(COC(=O)CCCCCCCC/C=C\C/C=C\C/C=C\CCCCC)COC(=O)CCCCCCCCCCCCC. The van der Waals surface area contributed by atoms with Crippen molar-refractivity contribution in [3.63, 3.8) is 0 Å². The summed E-state index contributed by atoms with van der Waals surface area (Å²) in [6.07, 6.45) is 64.5. The van der Waals surface area contributed by atoms with Gasteiger partial charge in [-0.2, -0.15) is 0 Å². The second kappa shape index (κ2) is 51.5. The molecule has 0 heterocycles. The average Bonchev–Trinajstić information content (AvgIpc) is 3.28. The van der Waals surface area contributed by atoms with Crippen molar-refractivity contribution < 1.29 is 28.6 Å². The number of carbonyl (C=O) groups is 3. The number of hydrogen-bond acceptors (Lipinski definition) is 6. The molecule has 0 fully saturated rings. The molecule has 0 rings (SSSR count). The third-order valence-corrected chi connectivity index (χ3v) is 11.2. The van der Waals surface area contributed by atoms with Gasteiger partial charge < -0.3 is 14.2 Å². The number of unbranched alkanes of at least 4 members (excludes halogenated alkanes) is 24. The fraction of sp³-hybridized carbons (Fsp3) is 0.737. The Hall–Kier alpha value is -3.15. The summed E-state index contributed by atoms with van der Waals surface area (Å²) in [6, 6.07) is 0. The number of ether oxygens (including phenoxy) is 3. The molecule has 0 aromatic rings. The van der Waals surface area contributed by atoms with Crippen LogP contribution in [-0.2, 0) is 28.6 Å². The standard InChI is InChI=1S/C57H98O6/c1-4-7-10-13-16-19-22-24-26-27-28-29-31-32-35-38-41-44-47-50-56(59)62-53-54(52-61-55(58)49-46-43-40-37-34-21-18-15-12-9-6-3)63-57(60)51-48-45-42-39-36-33-30-25-23-20-17-14-11-8-5-2/h8,11,16-17,19-20,24-26,28-30,54H,4-7,9-10,12-15,18,21-23,27,31-53H2,1-3H3/b11-8-,19-16-,20-17-,26-24-,29-28-,30-25-. The lowest BCUT2D eigenvalue weighted by Crippen LogP contribution is -2.30. The average molecular weight is 879 g/mol. The van der Waals surface area contributed by atoms with Crippen molar-refractivity contribution in [3.05, 3.63) is 72.9 Å². The van der Waals surface area contributed by atoms with Crippen molar-refractivity contribution in [2.75, 3.05) is 13.2 Å². The maximum atomic E-state index is 12.8. The van der Waals surface area contributed by atoms with E-state index in [0.717, 1.165) is 116 Å². The molecule has 6 heteroatoms. The van der Waals surface area contributed by atoms with Crippen molar-refractivity contribution in [2.24, 2.45) is 0 Å². The number of carbonyl (C=O) groups excluding carboxylic acids is 3. The molecule has 0 amide bonds. The van der Waals surface area contributed by atoms with Gasteiger partial charge in [-0.3, -0.25) is 14.4 Å². The van der Waals surface area contributed by atoms with Gasteiger partial charge in [0.25, 0.3) is 0 Å². The van der Waals surface area contributed by atoms with E-state index in [1.807, 2.05) is 0 Å². The van der Waals surface area contributed by atoms with E-state index in [2.05, 4.69) is 93.7 Å². The molecule has 1 atom stereocenters. The highest BCUT2D eigenvalue weighted by molar-refractivity contribution is 5.71. The smallest absolute Gasteiger partial charge is 0.306 e. The Morgan fingerprint density at radius 1 is 0.333 bits per heavy atom. The highest BCUT2D eigenvalue weighted by Crippen LogP contribution is 2.14. The van der Waals surface area contributed by atoms with Gasteiger partial charge in [0, 0.05) is 19.3 Å². The Balaban J connectivity index is 4.40. The third kappa shape index (κ3) is 49.7. The van der Waals surface area contributed by atoms with Crippen LogP contribution in [0.4, 0.5) is 0 Å². The van der Waals surface area contributed by atoms with E-state index < -0.39 is 6.10 Å². The molecule has 63 heavy (non-hydrogen) atoms. The van der Waals surface area contributed by atoms with E-state index in [4.69, 9.17) is 14.2 Å². The Labute approximate surface area is 389 Å². The number of hydrogen-bond donors (Lipinski definition) is 0. The molecule has 0 bridgehead atoms. The van der Waals surface area contributed by atoms with Gasteiger partial charge in [-0.1, -0.05) is 216 Å². The molecular formula is C57H98O6. The van der Waals surface area contributed by atoms with Gasteiger partial charge in [-0.15, -0.1) is 0 Å². The summed E-state index contributed by atoms with van der Waals surface area (Å²) >= 11 is 0. The zero-order valence-electron chi connectivity index (χ0n) is 41.3. The fourth-order valence-electron chi connectivity index (χ4n) is 7.23. The molecule has 0 saturated carbocycles. The lowest BCUT2D eigenvalue weighted by Gasteiger charge is -2.18. The maximum Gasteiger partial charge on any atom is 0.306 e. The lowest BCUT2D eigenvalue weighted by molar-refractivity contribution is -0.167. The molecule has 362 valence electrons. The predicted molar refractivity (Wildman–Crippen MR) is 270 cm³/mol. The van der Waals surface area contributed by atoms with Gasteiger partial charge in [-0.25, -0.2) is 0 Å². The summed E-state index contributed by atoms with van der Waals surface area (Å²) in [4.78, 5) is 38.0. The van der Waals surface area contributed by atoms with Crippen molar-refractivity contribution in [1.29, 1.82) is 0 Å². The molecule has 0 N–H and O–H groups in total. The first kappa shape index (κ1) is 59.9. The van der Waals surface area contributed by atoms with E-state index in [-0.39, 0.29) is 31.1 Å². The largest absolute Gasteiger partial charge is 0.462 e. The second-order valence-electron chi connectivity index (χ2n) is 17.4. The van der Waals surface area contributed by atoms with Crippen LogP contribution in [0, 0.1) is 0 Å². The lowest BCUT2D eigenvalue weighted by atomic mass is 10.1. The molecule has 0 aromatic carbocycles. The molecule has 0 radical (unpaired) electrons. The Morgan fingerprint density at radius 3 is 1.00 bits per heavy atom. The van der Waals surface area contributed by atoms with E-state index in [1.54, 1.807) is 0 Å². The minimum atomic E-state index is -0.788. The normalized spacial score (nSPS) is 12.6. The number of rotatable bonds is 47. The first-order valence-corrected chi connectivity index (χ1v) is 26.4. The van der Waals surface area contributed by atoms with Crippen LogP contribution < -0.4 is 0 Å².